The van der Waals surface area contributed by atoms with Gasteiger partial charge in [0, 0.05) is 23.4 Å². The first-order valence-corrected chi connectivity index (χ1v) is 11.0. The summed E-state index contributed by atoms with van der Waals surface area (Å²) in [5.41, 5.74) is 4.02. The standard InChI is InChI=1S/C23H22N4O2S/c1-29-17-12-10-16(11-13-17)21-20-18(8-5-9-19(20)28)24-22-25-23(26-27(21)22)30-14-15-6-3-2-4-7-15/h2-4,6-7,10-13,21H,5,8-9,14H2,1H3,(H,24,25,26). The second-order valence-electron chi connectivity index (χ2n) is 7.41. The molecular weight excluding hydrogens is 396 g/mol. The van der Waals surface area contributed by atoms with Crippen LogP contribution < -0.4 is 10.1 Å². The smallest absolute Gasteiger partial charge is 0.227 e. The van der Waals surface area contributed by atoms with E-state index < -0.39 is 0 Å². The van der Waals surface area contributed by atoms with Crippen molar-refractivity contribution in [1.29, 1.82) is 0 Å². The predicted octanol–water partition coefficient (Wildman–Crippen LogP) is 4.60. The molecule has 1 atom stereocenters. The van der Waals surface area contributed by atoms with Crippen molar-refractivity contribution in [2.45, 2.75) is 36.2 Å². The maximum absolute atomic E-state index is 12.9. The lowest BCUT2D eigenvalue weighted by Gasteiger charge is -2.32. The van der Waals surface area contributed by atoms with E-state index in [-0.39, 0.29) is 11.8 Å². The Hall–Kier alpha value is -3.06. The van der Waals surface area contributed by atoms with Crippen molar-refractivity contribution >= 4 is 23.5 Å². The van der Waals surface area contributed by atoms with Crippen LogP contribution in [-0.2, 0) is 10.5 Å². The Labute approximate surface area is 179 Å². The first kappa shape index (κ1) is 18.9. The largest absolute Gasteiger partial charge is 0.497 e. The fourth-order valence-electron chi connectivity index (χ4n) is 4.01. The van der Waals surface area contributed by atoms with E-state index in [9.17, 15) is 4.79 Å². The Morgan fingerprint density at radius 3 is 2.70 bits per heavy atom. The summed E-state index contributed by atoms with van der Waals surface area (Å²) in [7, 11) is 1.65. The van der Waals surface area contributed by atoms with Crippen molar-refractivity contribution in [3.05, 3.63) is 77.0 Å². The van der Waals surface area contributed by atoms with Gasteiger partial charge in [0.2, 0.25) is 11.1 Å². The summed E-state index contributed by atoms with van der Waals surface area (Å²) >= 11 is 1.60. The maximum Gasteiger partial charge on any atom is 0.227 e. The Morgan fingerprint density at radius 1 is 1.13 bits per heavy atom. The monoisotopic (exact) mass is 418 g/mol. The number of aromatic nitrogens is 3. The van der Waals surface area contributed by atoms with E-state index in [2.05, 4.69) is 17.4 Å². The molecule has 2 aliphatic rings. The molecule has 0 bridgehead atoms. The Balaban J connectivity index is 1.51. The Bertz CT molecular complexity index is 1110. The van der Waals surface area contributed by atoms with Crippen LogP contribution in [-0.4, -0.2) is 27.7 Å². The van der Waals surface area contributed by atoms with Crippen LogP contribution in [0.25, 0.3) is 0 Å². The highest BCUT2D eigenvalue weighted by molar-refractivity contribution is 7.98. The van der Waals surface area contributed by atoms with Crippen LogP contribution in [0.15, 0.2) is 71.0 Å². The van der Waals surface area contributed by atoms with E-state index in [4.69, 9.17) is 14.8 Å². The van der Waals surface area contributed by atoms with Crippen LogP contribution in [0.5, 0.6) is 5.75 Å². The van der Waals surface area contributed by atoms with E-state index in [1.807, 2.05) is 47.1 Å². The summed E-state index contributed by atoms with van der Waals surface area (Å²) in [5.74, 6) is 2.46. The number of nitrogens with zero attached hydrogens (tertiary/aromatic N) is 3. The molecule has 7 heteroatoms. The molecule has 0 saturated heterocycles. The Kier molecular flexibility index (Phi) is 5.04. The van der Waals surface area contributed by atoms with Crippen LogP contribution in [0.4, 0.5) is 5.95 Å². The quantitative estimate of drug-likeness (QED) is 0.611. The molecule has 1 aromatic heterocycles. The molecule has 6 nitrogen and oxygen atoms in total. The zero-order valence-corrected chi connectivity index (χ0v) is 17.5. The molecule has 1 unspecified atom stereocenters. The van der Waals surface area contributed by atoms with Crippen LogP contribution >= 0.6 is 11.8 Å². The molecule has 1 N–H and O–H groups in total. The van der Waals surface area contributed by atoms with Crippen molar-refractivity contribution in [3.8, 4) is 5.75 Å². The number of allylic oxidation sites excluding steroid dienone is 2. The van der Waals surface area contributed by atoms with Crippen LogP contribution in [0.3, 0.4) is 0 Å². The van der Waals surface area contributed by atoms with Gasteiger partial charge in [-0.15, -0.1) is 5.10 Å². The second kappa shape index (κ2) is 7.99. The third-order valence-electron chi connectivity index (χ3n) is 5.49. The number of methoxy groups -OCH3 is 1. The average Bonchev–Trinajstić information content (AvgIpc) is 3.20. The number of rotatable bonds is 5. The van der Waals surface area contributed by atoms with E-state index in [0.717, 1.165) is 41.2 Å². The van der Waals surface area contributed by atoms with E-state index in [0.29, 0.717) is 17.5 Å². The fourth-order valence-corrected chi connectivity index (χ4v) is 4.80. The molecule has 2 aromatic carbocycles. The van der Waals surface area contributed by atoms with Gasteiger partial charge in [-0.05, 0) is 36.1 Å². The number of ether oxygens (including phenoxy) is 1. The third kappa shape index (κ3) is 3.50. The van der Waals surface area contributed by atoms with Crippen molar-refractivity contribution < 1.29 is 9.53 Å². The number of ketones is 1. The van der Waals surface area contributed by atoms with Gasteiger partial charge in [0.05, 0.1) is 7.11 Å². The number of nitrogens with one attached hydrogen (secondary N) is 1. The van der Waals surface area contributed by atoms with Crippen molar-refractivity contribution in [3.63, 3.8) is 0 Å². The first-order chi connectivity index (χ1) is 14.7. The van der Waals surface area contributed by atoms with Gasteiger partial charge in [0.15, 0.2) is 5.78 Å². The van der Waals surface area contributed by atoms with E-state index in [1.165, 1.54) is 5.56 Å². The molecule has 0 amide bonds. The van der Waals surface area contributed by atoms with Crippen LogP contribution in [0.2, 0.25) is 0 Å². The van der Waals surface area contributed by atoms with Gasteiger partial charge >= 0.3 is 0 Å². The lowest BCUT2D eigenvalue weighted by atomic mass is 9.85. The second-order valence-corrected chi connectivity index (χ2v) is 8.35. The minimum atomic E-state index is -0.270. The van der Waals surface area contributed by atoms with Crippen LogP contribution in [0, 0.1) is 0 Å². The number of anilines is 1. The molecule has 152 valence electrons. The van der Waals surface area contributed by atoms with Gasteiger partial charge in [-0.25, -0.2) is 4.68 Å². The maximum atomic E-state index is 12.9. The lowest BCUT2D eigenvalue weighted by Crippen LogP contribution is -2.31. The highest BCUT2D eigenvalue weighted by Gasteiger charge is 2.36. The van der Waals surface area contributed by atoms with E-state index in [1.54, 1.807) is 18.9 Å². The summed E-state index contributed by atoms with van der Waals surface area (Å²) in [5, 5.41) is 8.86. The highest BCUT2D eigenvalue weighted by atomic mass is 32.2. The molecule has 5 rings (SSSR count). The third-order valence-corrected chi connectivity index (χ3v) is 6.40. The zero-order valence-electron chi connectivity index (χ0n) is 16.7. The summed E-state index contributed by atoms with van der Waals surface area (Å²) in [6.07, 6.45) is 2.30. The van der Waals surface area contributed by atoms with Crippen molar-refractivity contribution in [2.24, 2.45) is 0 Å². The van der Waals surface area contributed by atoms with Gasteiger partial charge in [-0.1, -0.05) is 54.2 Å². The number of hydrogen-bond donors (Lipinski definition) is 1. The lowest BCUT2D eigenvalue weighted by molar-refractivity contribution is -0.116. The first-order valence-electron chi connectivity index (χ1n) is 10.0. The van der Waals surface area contributed by atoms with E-state index >= 15 is 0 Å². The predicted molar refractivity (Wildman–Crippen MR) is 117 cm³/mol. The summed E-state index contributed by atoms with van der Waals surface area (Å²) in [6, 6.07) is 17.9. The number of benzene rings is 2. The molecule has 1 aliphatic carbocycles. The summed E-state index contributed by atoms with van der Waals surface area (Å²) in [4.78, 5) is 17.6. The van der Waals surface area contributed by atoms with Gasteiger partial charge in [0.25, 0.3) is 0 Å². The molecule has 30 heavy (non-hydrogen) atoms. The fraction of sp³-hybridized carbons (Fsp3) is 0.261. The molecular formula is C23H22N4O2S. The van der Waals surface area contributed by atoms with Gasteiger partial charge in [0.1, 0.15) is 11.8 Å². The molecule has 0 fully saturated rings. The minimum Gasteiger partial charge on any atom is -0.497 e. The zero-order chi connectivity index (χ0) is 20.5. The molecule has 0 spiro atoms. The number of carbonyl (C=O) groups excluding carboxylic acids is 1. The molecule has 0 saturated carbocycles. The topological polar surface area (TPSA) is 69.0 Å². The normalized spacial score (nSPS) is 17.9. The summed E-state index contributed by atoms with van der Waals surface area (Å²) < 4.78 is 7.16. The minimum absolute atomic E-state index is 0.184. The molecule has 0 radical (unpaired) electrons. The number of Topliss-reactive ketones (excluding diaryl/α,β-unsaturated/α-hetero) is 1. The highest BCUT2D eigenvalue weighted by Crippen LogP contribution is 2.41. The Morgan fingerprint density at radius 2 is 1.93 bits per heavy atom. The average molecular weight is 419 g/mol. The van der Waals surface area contributed by atoms with Gasteiger partial charge in [-0.3, -0.25) is 4.79 Å². The van der Waals surface area contributed by atoms with Gasteiger partial charge in [-0.2, -0.15) is 4.98 Å². The van der Waals surface area contributed by atoms with Crippen LogP contribution in [0.1, 0.15) is 36.4 Å². The summed E-state index contributed by atoms with van der Waals surface area (Å²) in [6.45, 7) is 0. The van der Waals surface area contributed by atoms with Crippen molar-refractivity contribution in [2.75, 3.05) is 12.4 Å². The van der Waals surface area contributed by atoms with Crippen molar-refractivity contribution in [1.82, 2.24) is 14.8 Å². The van der Waals surface area contributed by atoms with Gasteiger partial charge < -0.3 is 10.1 Å². The number of thioether (sulfide) groups is 1. The molecule has 3 aromatic rings. The molecule has 1 aliphatic heterocycles. The number of carbonyl (C=O) groups is 1. The SMILES string of the molecule is COc1ccc(C2C3=C(CCCC3=O)Nc3nc(SCc4ccccc4)nn32)cc1. The number of hydrogen-bond acceptors (Lipinski definition) is 6. The number of fused-ring (bicyclic) bond motifs is 1. The molecule has 2 heterocycles.